The van der Waals surface area contributed by atoms with E-state index in [1.807, 2.05) is 0 Å². The van der Waals surface area contributed by atoms with Gasteiger partial charge in [0.2, 0.25) is 0 Å². The molecule has 0 amide bonds. The van der Waals surface area contributed by atoms with Crippen LogP contribution >= 0.6 is 0 Å². The van der Waals surface area contributed by atoms with Crippen molar-refractivity contribution in [3.05, 3.63) is 0 Å². The van der Waals surface area contributed by atoms with Crippen LogP contribution in [0.2, 0.25) is 0 Å². The summed E-state index contributed by atoms with van der Waals surface area (Å²) < 4.78 is 0. The maximum atomic E-state index is 0. The molecule has 0 heterocycles. The van der Waals surface area contributed by atoms with E-state index in [1.165, 1.54) is 0 Å². The monoisotopic (exact) mass is 239 g/mol. The summed E-state index contributed by atoms with van der Waals surface area (Å²) in [5.41, 5.74) is 0. The van der Waals surface area contributed by atoms with Gasteiger partial charge in [-0.05, 0) is 0 Å². The quantitative estimate of drug-likeness (QED) is 0.416. The third kappa shape index (κ3) is 9.27. The van der Waals surface area contributed by atoms with Gasteiger partial charge in [-0.15, -0.1) is 0 Å². The van der Waals surface area contributed by atoms with Crippen molar-refractivity contribution in [1.82, 2.24) is 0 Å². The van der Waals surface area contributed by atoms with Gasteiger partial charge < -0.3 is 0 Å². The number of hydrogen-bond donors (Lipinski definition) is 0. The first-order valence-electron chi connectivity index (χ1n) is 0. The smallest absolute Gasteiger partial charge is 0 e. The Balaban J connectivity index is 0. The summed E-state index contributed by atoms with van der Waals surface area (Å²) in [6.45, 7) is 0. The maximum absolute atomic E-state index is 0. The van der Waals surface area contributed by atoms with Crippen LogP contribution in [0.1, 0.15) is 0 Å². The Hall–Kier alpha value is 1.74. The third-order valence-electron chi connectivity index (χ3n) is 0. The second-order valence-electron chi connectivity index (χ2n) is 0. The van der Waals surface area contributed by atoms with Gasteiger partial charge in [-0.25, -0.2) is 0 Å². The Kier molecular flexibility index (Phi) is 233. The van der Waals surface area contributed by atoms with Crippen molar-refractivity contribution in [2.24, 2.45) is 0 Å². The van der Waals surface area contributed by atoms with Crippen LogP contribution in [-0.2, 0) is 0 Å². The molecule has 0 unspecified atom stereocenters. The topological polar surface area (TPSA) is 0 Å². The van der Waals surface area contributed by atoms with E-state index in [-0.39, 0.29) is 62.3 Å². The molecule has 0 atom stereocenters. The Morgan fingerprint density at radius 3 is 0.500 bits per heavy atom. The summed E-state index contributed by atoms with van der Waals surface area (Å²) in [6, 6.07) is 0. The molecule has 0 saturated heterocycles. The number of rotatable bonds is 0. The fourth-order valence-electron chi connectivity index (χ4n) is 0. The largest absolute Gasteiger partial charge is 0.0814 e. The van der Waals surface area contributed by atoms with E-state index in [0.29, 0.717) is 0 Å². The summed E-state index contributed by atoms with van der Waals surface area (Å²) in [4.78, 5) is 0. The summed E-state index contributed by atoms with van der Waals surface area (Å²) in [5.74, 6) is 0. The van der Waals surface area contributed by atoms with Gasteiger partial charge in [0, 0.05) is 53.9 Å². The van der Waals surface area contributed by atoms with Crippen LogP contribution in [0.25, 0.3) is 0 Å². The van der Waals surface area contributed by atoms with E-state index in [1.54, 1.807) is 0 Å². The molecular formula is H3As3B. The zero-order valence-electron chi connectivity index (χ0n) is 1.34. The van der Waals surface area contributed by atoms with Crippen molar-refractivity contribution in [3.63, 3.8) is 0 Å². The molecule has 0 bridgehead atoms. The molecule has 0 nitrogen and oxygen atoms in total. The van der Waals surface area contributed by atoms with E-state index in [4.69, 9.17) is 0 Å². The van der Waals surface area contributed by atoms with E-state index in [9.17, 15) is 0 Å². The van der Waals surface area contributed by atoms with Gasteiger partial charge in [0.15, 0.2) is 0 Å². The van der Waals surface area contributed by atoms with Gasteiger partial charge in [-0.1, -0.05) is 0 Å². The molecule has 0 aliphatic heterocycles. The average Bonchev–Trinajstić information content (AvgIpc) is 0. The van der Waals surface area contributed by atoms with Gasteiger partial charge in [0.05, 0.1) is 8.41 Å². The first kappa shape index (κ1) is 42.6. The minimum absolute atomic E-state index is 0. The second kappa shape index (κ2) is 21.9. The van der Waals surface area contributed by atoms with Crippen LogP contribution in [0.15, 0.2) is 0 Å². The van der Waals surface area contributed by atoms with Crippen LogP contribution in [0.5, 0.6) is 0 Å². The summed E-state index contributed by atoms with van der Waals surface area (Å²) in [6.07, 6.45) is 0. The van der Waals surface area contributed by atoms with Crippen LogP contribution in [0, 0.1) is 0 Å². The molecule has 0 N–H and O–H groups in total. The first-order valence-corrected chi connectivity index (χ1v) is 0. The standard InChI is InChI=1S/3As.BH3/h;;;1H3. The van der Waals surface area contributed by atoms with Crippen LogP contribution < -0.4 is 0 Å². The molecular weight excluding hydrogens is 236 g/mol. The minimum atomic E-state index is 0. The van der Waals surface area contributed by atoms with E-state index < -0.39 is 0 Å². The predicted molar refractivity (Wildman–Crippen MR) is 27.2 cm³/mol. The fourth-order valence-corrected chi connectivity index (χ4v) is 0. The molecule has 0 aromatic heterocycles. The van der Waals surface area contributed by atoms with Gasteiger partial charge in [0.25, 0.3) is 0 Å². The van der Waals surface area contributed by atoms with Crippen molar-refractivity contribution in [2.45, 2.75) is 0 Å². The van der Waals surface area contributed by atoms with Crippen molar-refractivity contribution >= 4 is 62.3 Å². The van der Waals surface area contributed by atoms with Crippen LogP contribution in [0.4, 0.5) is 0 Å². The van der Waals surface area contributed by atoms with Crippen molar-refractivity contribution in [2.75, 3.05) is 0 Å². The van der Waals surface area contributed by atoms with E-state index in [2.05, 4.69) is 0 Å². The molecule has 0 aliphatic carbocycles. The molecule has 0 aliphatic rings. The predicted octanol–water partition coefficient (Wildman–Crippen LogP) is -2.33. The fraction of sp³-hybridized carbons (Fsp3) is 0. The van der Waals surface area contributed by atoms with E-state index >= 15 is 0 Å². The number of hydrogen-bond acceptors (Lipinski definition) is 0. The minimum Gasteiger partial charge on any atom is 0 e. The summed E-state index contributed by atoms with van der Waals surface area (Å²) in [7, 11) is 0. The Morgan fingerprint density at radius 1 is 0.500 bits per heavy atom. The molecule has 0 spiro atoms. The van der Waals surface area contributed by atoms with Gasteiger partial charge in [-0.3, -0.25) is 0 Å². The zero-order chi connectivity index (χ0) is 0. The summed E-state index contributed by atoms with van der Waals surface area (Å²) in [5, 5.41) is 0. The molecule has 4 heteroatoms. The van der Waals surface area contributed by atoms with Gasteiger partial charge in [-0.2, -0.15) is 0 Å². The van der Waals surface area contributed by atoms with Crippen molar-refractivity contribution < 1.29 is 0 Å². The molecule has 0 rings (SSSR count). The van der Waals surface area contributed by atoms with Gasteiger partial charge in [0.1, 0.15) is 0 Å². The SMILES string of the molecule is B.[As].[As].[As]. The molecule has 0 aromatic rings. The molecule has 21 valence electrons. The normalized spacial score (nSPS) is 0. The molecule has 0 saturated carbocycles. The Labute approximate surface area is 62.0 Å². The Morgan fingerprint density at radius 2 is 0.500 bits per heavy atom. The summed E-state index contributed by atoms with van der Waals surface area (Å²) >= 11 is 0. The van der Waals surface area contributed by atoms with Crippen molar-refractivity contribution in [3.8, 4) is 0 Å². The second-order valence-corrected chi connectivity index (χ2v) is 0. The van der Waals surface area contributed by atoms with Crippen LogP contribution in [0.3, 0.4) is 0 Å². The molecule has 9 radical (unpaired) electrons. The van der Waals surface area contributed by atoms with Crippen LogP contribution in [-0.4, -0.2) is 62.3 Å². The Bertz CT molecular complexity index is 3.25. The molecule has 4 heavy (non-hydrogen) atoms. The first-order chi connectivity index (χ1) is 0. The zero-order valence-corrected chi connectivity index (χ0v) is 6.97. The molecule has 0 fully saturated rings. The molecule has 0 aromatic carbocycles. The van der Waals surface area contributed by atoms with E-state index in [0.717, 1.165) is 0 Å². The third-order valence-corrected chi connectivity index (χ3v) is 0. The average molecular weight is 239 g/mol. The van der Waals surface area contributed by atoms with Crippen molar-refractivity contribution in [1.29, 1.82) is 0 Å². The maximum Gasteiger partial charge on any atom is 0.0814 e. The van der Waals surface area contributed by atoms with Gasteiger partial charge >= 0.3 is 0 Å².